The van der Waals surface area contributed by atoms with E-state index < -0.39 is 5.97 Å². The number of ether oxygens (including phenoxy) is 2. The van der Waals surface area contributed by atoms with Gasteiger partial charge in [0.1, 0.15) is 33.5 Å². The molecule has 0 bridgehead atoms. The topological polar surface area (TPSA) is 137 Å². The summed E-state index contributed by atoms with van der Waals surface area (Å²) < 4.78 is 14.5. The van der Waals surface area contributed by atoms with E-state index in [2.05, 4.69) is 15.0 Å². The smallest absolute Gasteiger partial charge is 0.341 e. The van der Waals surface area contributed by atoms with E-state index in [0.717, 1.165) is 11.5 Å². The van der Waals surface area contributed by atoms with Crippen molar-refractivity contribution in [2.45, 2.75) is 13.0 Å². The van der Waals surface area contributed by atoms with Crippen LogP contribution in [0.1, 0.15) is 22.8 Å². The number of amidine groups is 1. The van der Waals surface area contributed by atoms with Crippen molar-refractivity contribution in [3.05, 3.63) is 59.7 Å². The molecule has 1 aromatic heterocycles. The molecule has 0 saturated carbocycles. The predicted molar refractivity (Wildman–Crippen MR) is 118 cm³/mol. The number of aliphatic hydroxyl groups is 1. The van der Waals surface area contributed by atoms with Gasteiger partial charge in [0.2, 0.25) is 5.88 Å². The number of benzene rings is 2. The van der Waals surface area contributed by atoms with Crippen LogP contribution < -0.4 is 15.4 Å². The second kappa shape index (κ2) is 9.92. The Labute approximate surface area is 182 Å². The molecule has 0 aliphatic heterocycles. The van der Waals surface area contributed by atoms with Gasteiger partial charge in [0.15, 0.2) is 0 Å². The van der Waals surface area contributed by atoms with Crippen LogP contribution in [-0.4, -0.2) is 46.2 Å². The van der Waals surface area contributed by atoms with Crippen LogP contribution in [0, 0.1) is 5.41 Å². The number of methoxy groups -OCH3 is 1. The molecule has 0 amide bonds. The third-order valence-electron chi connectivity index (χ3n) is 4.22. The second-order valence-electron chi connectivity index (χ2n) is 6.55. The van der Waals surface area contributed by atoms with Gasteiger partial charge in [-0.2, -0.15) is 4.37 Å². The van der Waals surface area contributed by atoms with Gasteiger partial charge in [0, 0.05) is 11.7 Å². The molecule has 0 radical (unpaired) electrons. The number of esters is 1. The summed E-state index contributed by atoms with van der Waals surface area (Å²) in [5, 5.41) is 33.7. The Kier molecular flexibility index (Phi) is 7.06. The molecule has 1 heterocycles. The number of hydrogen-bond donors (Lipinski definition) is 5. The minimum absolute atomic E-state index is 0.0466. The Morgan fingerprint density at radius 2 is 1.94 bits per heavy atom. The molecule has 1 unspecified atom stereocenters. The molecule has 5 N–H and O–H groups in total. The first kappa shape index (κ1) is 22.1. The Hall–Kier alpha value is -3.63. The Morgan fingerprint density at radius 1 is 1.23 bits per heavy atom. The van der Waals surface area contributed by atoms with Crippen LogP contribution in [0.3, 0.4) is 0 Å². The first-order valence-corrected chi connectivity index (χ1v) is 10.1. The normalized spacial score (nSPS) is 11.5. The highest BCUT2D eigenvalue weighted by Gasteiger charge is 2.19. The lowest BCUT2D eigenvalue weighted by Gasteiger charge is -2.14. The fourth-order valence-electron chi connectivity index (χ4n) is 2.66. The Morgan fingerprint density at radius 3 is 2.61 bits per heavy atom. The van der Waals surface area contributed by atoms with Crippen LogP contribution in [0.4, 0.5) is 10.7 Å². The summed E-state index contributed by atoms with van der Waals surface area (Å²) in [6.45, 7) is 1.57. The molecule has 3 rings (SSSR count). The molecule has 3 aromatic rings. The van der Waals surface area contributed by atoms with Gasteiger partial charge in [-0.15, -0.1) is 0 Å². The summed E-state index contributed by atoms with van der Waals surface area (Å²) >= 11 is 1.01. The second-order valence-corrected chi connectivity index (χ2v) is 7.33. The molecule has 31 heavy (non-hydrogen) atoms. The summed E-state index contributed by atoms with van der Waals surface area (Å²) in [6.07, 6.45) is 0. The highest BCUT2D eigenvalue weighted by atomic mass is 32.1. The van der Waals surface area contributed by atoms with Gasteiger partial charge < -0.3 is 30.3 Å². The zero-order valence-electron chi connectivity index (χ0n) is 16.9. The van der Waals surface area contributed by atoms with E-state index in [-0.39, 0.29) is 29.9 Å². The van der Waals surface area contributed by atoms with Crippen LogP contribution >= 0.6 is 11.5 Å². The number of anilines is 2. The molecule has 0 aliphatic rings. The fourth-order valence-corrected chi connectivity index (χ4v) is 3.37. The average Bonchev–Trinajstić information content (AvgIpc) is 3.14. The van der Waals surface area contributed by atoms with Crippen LogP contribution in [0.15, 0.2) is 48.5 Å². The van der Waals surface area contributed by atoms with Crippen molar-refractivity contribution in [1.82, 2.24) is 9.69 Å². The predicted octanol–water partition coefficient (Wildman–Crippen LogP) is 3.47. The molecule has 9 nitrogen and oxygen atoms in total. The minimum atomic E-state index is -0.488. The molecule has 162 valence electrons. The Bertz CT molecular complexity index is 1070. The number of nitrogens with zero attached hydrogens (tertiary/aromatic N) is 1. The lowest BCUT2D eigenvalue weighted by atomic mass is 10.2. The summed E-state index contributed by atoms with van der Waals surface area (Å²) in [5.74, 6) is 0.0879. The maximum Gasteiger partial charge on any atom is 0.341 e. The van der Waals surface area contributed by atoms with Gasteiger partial charge >= 0.3 is 5.97 Å². The standard InChI is InChI=1S/C21H22N4O5S/c1-12(11-26)23-18(22)17-19(27)25-31-20(17)24-13-7-9-14(10-8-13)30-16-6-4-3-5-15(16)21(28)29-2/h3-10,12,24,26H,11H2,1-2H3,(H2,22,23)(H,25,27). The first-order chi connectivity index (χ1) is 14.9. The van der Waals surface area contributed by atoms with Crippen LogP contribution in [-0.2, 0) is 4.74 Å². The number of carbonyl (C=O) groups excluding carboxylic acids is 1. The molecule has 0 saturated heterocycles. The van der Waals surface area contributed by atoms with Crippen molar-refractivity contribution in [2.75, 3.05) is 19.0 Å². The lowest BCUT2D eigenvalue weighted by Crippen LogP contribution is -2.35. The van der Waals surface area contributed by atoms with Crippen molar-refractivity contribution in [1.29, 1.82) is 5.41 Å². The van der Waals surface area contributed by atoms with E-state index in [0.29, 0.717) is 27.8 Å². The van der Waals surface area contributed by atoms with Gasteiger partial charge in [-0.1, -0.05) is 12.1 Å². The van der Waals surface area contributed by atoms with Crippen molar-refractivity contribution < 1.29 is 24.5 Å². The van der Waals surface area contributed by atoms with E-state index >= 15 is 0 Å². The number of hydrogen-bond acceptors (Lipinski definition) is 9. The summed E-state index contributed by atoms with van der Waals surface area (Å²) in [7, 11) is 1.31. The maximum absolute atomic E-state index is 11.9. The van der Waals surface area contributed by atoms with Gasteiger partial charge in [-0.25, -0.2) is 4.79 Å². The molecule has 0 fully saturated rings. The van der Waals surface area contributed by atoms with Crippen LogP contribution in [0.5, 0.6) is 17.4 Å². The highest BCUT2D eigenvalue weighted by Crippen LogP contribution is 2.33. The van der Waals surface area contributed by atoms with Gasteiger partial charge in [-0.05, 0) is 54.9 Å². The van der Waals surface area contributed by atoms with Crippen LogP contribution in [0.2, 0.25) is 0 Å². The summed E-state index contributed by atoms with van der Waals surface area (Å²) in [5.41, 5.74) is 1.22. The summed E-state index contributed by atoms with van der Waals surface area (Å²) in [6, 6.07) is 13.4. The number of aromatic hydroxyl groups is 1. The number of carbonyl (C=O) groups is 1. The number of rotatable bonds is 8. The molecule has 2 aromatic carbocycles. The van der Waals surface area contributed by atoms with E-state index in [1.54, 1.807) is 55.5 Å². The minimum Gasteiger partial charge on any atom is -0.492 e. The first-order valence-electron chi connectivity index (χ1n) is 9.30. The van der Waals surface area contributed by atoms with E-state index in [4.69, 9.17) is 20.0 Å². The number of para-hydroxylation sites is 1. The average molecular weight is 442 g/mol. The quantitative estimate of drug-likeness (QED) is 0.203. The highest BCUT2D eigenvalue weighted by molar-refractivity contribution is 7.11. The summed E-state index contributed by atoms with van der Waals surface area (Å²) in [4.78, 5) is 11.9. The van der Waals surface area contributed by atoms with E-state index in [9.17, 15) is 9.90 Å². The molecule has 1 atom stereocenters. The zero-order valence-corrected chi connectivity index (χ0v) is 17.7. The number of nitrogens with one attached hydrogen (secondary N) is 3. The molecule has 10 heteroatoms. The van der Waals surface area contributed by atoms with Gasteiger partial charge in [-0.3, -0.25) is 5.41 Å². The maximum atomic E-state index is 11.9. The van der Waals surface area contributed by atoms with Crippen molar-refractivity contribution in [3.8, 4) is 17.4 Å². The molecule has 0 spiro atoms. The van der Waals surface area contributed by atoms with Gasteiger partial charge in [0.25, 0.3) is 0 Å². The van der Waals surface area contributed by atoms with Crippen molar-refractivity contribution in [2.24, 2.45) is 0 Å². The van der Waals surface area contributed by atoms with Gasteiger partial charge in [0.05, 0.1) is 13.7 Å². The molecular formula is C21H22N4O5S. The fraction of sp³-hybridized carbons (Fsp3) is 0.190. The number of aromatic nitrogens is 1. The Balaban J connectivity index is 1.74. The lowest BCUT2D eigenvalue weighted by molar-refractivity contribution is 0.0598. The monoisotopic (exact) mass is 442 g/mol. The third kappa shape index (κ3) is 5.30. The van der Waals surface area contributed by atoms with E-state index in [1.165, 1.54) is 7.11 Å². The number of aliphatic hydroxyl groups excluding tert-OH is 1. The van der Waals surface area contributed by atoms with Crippen molar-refractivity contribution >= 4 is 34.0 Å². The van der Waals surface area contributed by atoms with Crippen molar-refractivity contribution in [3.63, 3.8) is 0 Å². The van der Waals surface area contributed by atoms with E-state index in [1.807, 2.05) is 0 Å². The third-order valence-corrected chi connectivity index (χ3v) is 4.97. The largest absolute Gasteiger partial charge is 0.492 e. The zero-order chi connectivity index (χ0) is 22.4. The van der Waals surface area contributed by atoms with Crippen LogP contribution in [0.25, 0.3) is 0 Å². The molecule has 0 aliphatic carbocycles. The SMILES string of the molecule is COC(=O)c1ccccc1Oc1ccc(Nc2snc(O)c2C(=N)NC(C)CO)cc1. The molecular weight excluding hydrogens is 420 g/mol.